The molecule has 1 aromatic rings. The molecule has 2 N–H and O–H groups in total. The third kappa shape index (κ3) is 4.60. The van der Waals surface area contributed by atoms with E-state index in [0.717, 1.165) is 29.9 Å². The van der Waals surface area contributed by atoms with Crippen LogP contribution in [0.2, 0.25) is 0 Å². The number of aromatic nitrogens is 1. The van der Waals surface area contributed by atoms with Crippen molar-refractivity contribution in [1.29, 1.82) is 0 Å². The Hall–Kier alpha value is -0.900. The molecule has 2 unspecified atom stereocenters. The quantitative estimate of drug-likeness (QED) is 0.825. The van der Waals surface area contributed by atoms with Crippen molar-refractivity contribution in [2.45, 2.75) is 50.3 Å². The van der Waals surface area contributed by atoms with Crippen LogP contribution in [-0.2, 0) is 0 Å². The fourth-order valence-corrected chi connectivity index (χ4v) is 3.39. The van der Waals surface area contributed by atoms with Gasteiger partial charge in [0.05, 0.1) is 0 Å². The topological polar surface area (TPSA) is 37.0 Å². The van der Waals surface area contributed by atoms with Crippen LogP contribution >= 0.6 is 11.8 Å². The average Bonchev–Trinajstić information content (AvgIpc) is 2.46. The Morgan fingerprint density at radius 1 is 1.32 bits per heavy atom. The number of pyridine rings is 1. The molecular weight excluding hydrogens is 254 g/mol. The maximum Gasteiger partial charge on any atom is 0.128 e. The van der Waals surface area contributed by atoms with Gasteiger partial charge in [0.25, 0.3) is 0 Å². The molecule has 0 aromatic carbocycles. The Morgan fingerprint density at radius 2 is 2.16 bits per heavy atom. The Balaban J connectivity index is 1.90. The summed E-state index contributed by atoms with van der Waals surface area (Å²) in [5, 5.41) is 7.75. The molecule has 1 aliphatic rings. The highest BCUT2D eigenvalue weighted by Gasteiger charge is 2.21. The molecule has 0 aliphatic heterocycles. The van der Waals surface area contributed by atoms with Crippen molar-refractivity contribution in [3.05, 3.63) is 18.2 Å². The lowest BCUT2D eigenvalue weighted by Crippen LogP contribution is -2.28. The molecule has 1 saturated carbocycles. The second-order valence-electron chi connectivity index (χ2n) is 5.20. The van der Waals surface area contributed by atoms with Crippen LogP contribution in [0.5, 0.6) is 0 Å². The van der Waals surface area contributed by atoms with E-state index < -0.39 is 0 Å². The van der Waals surface area contributed by atoms with Gasteiger partial charge in [0.15, 0.2) is 0 Å². The summed E-state index contributed by atoms with van der Waals surface area (Å²) < 4.78 is 0. The molecule has 0 saturated heterocycles. The van der Waals surface area contributed by atoms with Gasteiger partial charge in [0.1, 0.15) is 11.6 Å². The van der Waals surface area contributed by atoms with Gasteiger partial charge in [0.2, 0.25) is 0 Å². The molecule has 106 valence electrons. The van der Waals surface area contributed by atoms with E-state index in [4.69, 9.17) is 0 Å². The van der Waals surface area contributed by atoms with Crippen molar-refractivity contribution >= 4 is 23.4 Å². The summed E-state index contributed by atoms with van der Waals surface area (Å²) in [5.41, 5.74) is 0. The first-order valence-electron chi connectivity index (χ1n) is 7.32. The van der Waals surface area contributed by atoms with Crippen molar-refractivity contribution in [2.75, 3.05) is 23.4 Å². The normalized spacial score (nSPS) is 23.1. The smallest absolute Gasteiger partial charge is 0.128 e. The molecule has 19 heavy (non-hydrogen) atoms. The van der Waals surface area contributed by atoms with Crippen LogP contribution < -0.4 is 10.6 Å². The molecule has 0 amide bonds. The van der Waals surface area contributed by atoms with Gasteiger partial charge in [-0.2, -0.15) is 11.8 Å². The SMILES string of the molecule is CCCNc1cccc(NC2CCCC(SC)C2)n1. The number of nitrogens with zero attached hydrogens (tertiary/aromatic N) is 1. The average molecular weight is 279 g/mol. The summed E-state index contributed by atoms with van der Waals surface area (Å²) >= 11 is 2.00. The van der Waals surface area contributed by atoms with Crippen LogP contribution in [0.15, 0.2) is 18.2 Å². The van der Waals surface area contributed by atoms with Crippen molar-refractivity contribution in [3.8, 4) is 0 Å². The Kier molecular flexibility index (Phi) is 5.83. The third-order valence-electron chi connectivity index (χ3n) is 3.62. The minimum absolute atomic E-state index is 0.583. The molecule has 0 spiro atoms. The van der Waals surface area contributed by atoms with Gasteiger partial charge in [-0.05, 0) is 44.1 Å². The monoisotopic (exact) mass is 279 g/mol. The predicted molar refractivity (Wildman–Crippen MR) is 86.2 cm³/mol. The molecule has 2 rings (SSSR count). The second kappa shape index (κ2) is 7.63. The van der Waals surface area contributed by atoms with E-state index in [0.29, 0.717) is 6.04 Å². The minimum Gasteiger partial charge on any atom is -0.370 e. The van der Waals surface area contributed by atoms with Crippen LogP contribution in [0, 0.1) is 0 Å². The number of hydrogen-bond acceptors (Lipinski definition) is 4. The van der Waals surface area contributed by atoms with E-state index >= 15 is 0 Å². The van der Waals surface area contributed by atoms with Gasteiger partial charge >= 0.3 is 0 Å². The first-order valence-corrected chi connectivity index (χ1v) is 8.61. The molecule has 1 aromatic heterocycles. The summed E-state index contributed by atoms with van der Waals surface area (Å²) in [7, 11) is 0. The molecule has 1 heterocycles. The Bertz CT molecular complexity index is 383. The Morgan fingerprint density at radius 3 is 2.95 bits per heavy atom. The van der Waals surface area contributed by atoms with E-state index in [1.165, 1.54) is 25.7 Å². The molecular formula is C15H25N3S. The van der Waals surface area contributed by atoms with E-state index in [-0.39, 0.29) is 0 Å². The lowest BCUT2D eigenvalue weighted by Gasteiger charge is -2.29. The third-order valence-corrected chi connectivity index (χ3v) is 4.71. The fraction of sp³-hybridized carbons (Fsp3) is 0.667. The van der Waals surface area contributed by atoms with Gasteiger partial charge in [-0.25, -0.2) is 4.98 Å². The summed E-state index contributed by atoms with van der Waals surface area (Å²) in [4.78, 5) is 4.63. The highest BCUT2D eigenvalue weighted by atomic mass is 32.2. The number of nitrogens with one attached hydrogen (secondary N) is 2. The highest BCUT2D eigenvalue weighted by Crippen LogP contribution is 2.28. The second-order valence-corrected chi connectivity index (χ2v) is 6.34. The summed E-state index contributed by atoms with van der Waals surface area (Å²) in [6.45, 7) is 3.15. The zero-order chi connectivity index (χ0) is 13.5. The minimum atomic E-state index is 0.583. The van der Waals surface area contributed by atoms with E-state index in [9.17, 15) is 0 Å². The van der Waals surface area contributed by atoms with Crippen LogP contribution in [0.3, 0.4) is 0 Å². The standard InChI is InChI=1S/C15H25N3S/c1-3-10-16-14-8-5-9-15(18-14)17-12-6-4-7-13(11-12)19-2/h5,8-9,12-13H,3-4,6-7,10-11H2,1-2H3,(H2,16,17,18). The summed E-state index contributed by atoms with van der Waals surface area (Å²) in [6, 6.07) is 6.76. The van der Waals surface area contributed by atoms with Gasteiger partial charge in [0, 0.05) is 17.8 Å². The van der Waals surface area contributed by atoms with Gasteiger partial charge in [-0.15, -0.1) is 0 Å². The van der Waals surface area contributed by atoms with E-state index in [1.54, 1.807) is 0 Å². The summed E-state index contributed by atoms with van der Waals surface area (Å²) in [6.07, 6.45) is 8.57. The lowest BCUT2D eigenvalue weighted by atomic mass is 9.95. The molecule has 1 fully saturated rings. The zero-order valence-electron chi connectivity index (χ0n) is 12.0. The van der Waals surface area contributed by atoms with Crippen molar-refractivity contribution < 1.29 is 0 Å². The highest BCUT2D eigenvalue weighted by molar-refractivity contribution is 7.99. The molecule has 3 nitrogen and oxygen atoms in total. The first-order chi connectivity index (χ1) is 9.31. The van der Waals surface area contributed by atoms with Gasteiger partial charge in [-0.3, -0.25) is 0 Å². The maximum absolute atomic E-state index is 4.63. The van der Waals surface area contributed by atoms with Gasteiger partial charge in [-0.1, -0.05) is 19.4 Å². The molecule has 0 bridgehead atoms. The van der Waals surface area contributed by atoms with Crippen molar-refractivity contribution in [1.82, 2.24) is 4.98 Å². The summed E-state index contributed by atoms with van der Waals surface area (Å²) in [5.74, 6) is 1.98. The van der Waals surface area contributed by atoms with Gasteiger partial charge < -0.3 is 10.6 Å². The van der Waals surface area contributed by atoms with Crippen LogP contribution in [0.4, 0.5) is 11.6 Å². The van der Waals surface area contributed by atoms with E-state index in [2.05, 4.69) is 40.9 Å². The lowest BCUT2D eigenvalue weighted by molar-refractivity contribution is 0.473. The van der Waals surface area contributed by atoms with Crippen LogP contribution in [0.1, 0.15) is 39.0 Å². The zero-order valence-corrected chi connectivity index (χ0v) is 12.8. The van der Waals surface area contributed by atoms with Crippen LogP contribution in [0.25, 0.3) is 0 Å². The van der Waals surface area contributed by atoms with E-state index in [1.807, 2.05) is 17.8 Å². The molecule has 4 heteroatoms. The van der Waals surface area contributed by atoms with Crippen LogP contribution in [-0.4, -0.2) is 29.1 Å². The number of rotatable bonds is 6. The largest absolute Gasteiger partial charge is 0.370 e. The Labute approximate surface area is 121 Å². The fourth-order valence-electron chi connectivity index (χ4n) is 2.57. The van der Waals surface area contributed by atoms with Crippen molar-refractivity contribution in [3.63, 3.8) is 0 Å². The predicted octanol–water partition coefficient (Wildman–Crippen LogP) is 3.99. The molecule has 0 radical (unpaired) electrons. The number of anilines is 2. The number of hydrogen-bond donors (Lipinski definition) is 2. The van der Waals surface area contributed by atoms with Crippen molar-refractivity contribution in [2.24, 2.45) is 0 Å². The maximum atomic E-state index is 4.63. The molecule has 2 atom stereocenters. The molecule has 1 aliphatic carbocycles. The number of thioether (sulfide) groups is 1. The first kappa shape index (κ1) is 14.5.